The lowest BCUT2D eigenvalue weighted by Crippen LogP contribution is -2.38. The maximum absolute atomic E-state index is 2.47. The summed E-state index contributed by atoms with van der Waals surface area (Å²) in [7, 11) is 0. The van der Waals surface area contributed by atoms with Gasteiger partial charge in [-0.2, -0.15) is 0 Å². The minimum absolute atomic E-state index is 0.606. The molecule has 2 fully saturated rings. The van der Waals surface area contributed by atoms with Gasteiger partial charge in [0.1, 0.15) is 0 Å². The van der Waals surface area contributed by atoms with Gasteiger partial charge < -0.3 is 0 Å². The molecule has 0 heterocycles. The highest BCUT2D eigenvalue weighted by Crippen LogP contribution is 2.75. The van der Waals surface area contributed by atoms with E-state index in [1.165, 1.54) is 19.3 Å². The molecule has 0 aliphatic heterocycles. The molecule has 0 aromatic heterocycles. The molecule has 2 aliphatic carbocycles. The second kappa shape index (κ2) is 2.52. The molecule has 0 aromatic carbocycles. The van der Waals surface area contributed by atoms with Crippen molar-refractivity contribution in [2.24, 2.45) is 28.6 Å². The van der Waals surface area contributed by atoms with Crippen LogP contribution in [-0.2, 0) is 0 Å². The lowest BCUT2D eigenvalue weighted by molar-refractivity contribution is 0.0371. The van der Waals surface area contributed by atoms with E-state index in [1.807, 2.05) is 0 Å². The van der Waals surface area contributed by atoms with Crippen LogP contribution in [0.25, 0.3) is 0 Å². The van der Waals surface area contributed by atoms with Crippen LogP contribution in [0.3, 0.4) is 0 Å². The molecule has 4 unspecified atom stereocenters. The Kier molecular flexibility index (Phi) is 1.85. The van der Waals surface area contributed by atoms with E-state index >= 15 is 0 Å². The summed E-state index contributed by atoms with van der Waals surface area (Å²) < 4.78 is 0. The lowest BCUT2D eigenvalue weighted by atomic mass is 9.60. The van der Waals surface area contributed by atoms with Gasteiger partial charge in [-0.15, -0.1) is 0 Å². The molecule has 2 rings (SSSR count). The van der Waals surface area contributed by atoms with Crippen LogP contribution in [0.1, 0.15) is 53.9 Å². The Labute approximate surface area is 83.1 Å². The number of hydrogen-bond acceptors (Lipinski definition) is 0. The zero-order chi connectivity index (χ0) is 9.85. The average Bonchev–Trinajstić information content (AvgIpc) is 2.82. The Bertz CT molecular complexity index is 216. The van der Waals surface area contributed by atoms with Gasteiger partial charge in [-0.1, -0.05) is 41.0 Å². The summed E-state index contributed by atoms with van der Waals surface area (Å²) in [5, 5.41) is 0. The monoisotopic (exact) mass is 180 g/mol. The molecule has 2 saturated carbocycles. The fourth-order valence-electron chi connectivity index (χ4n) is 3.72. The summed E-state index contributed by atoms with van der Waals surface area (Å²) in [5.74, 6) is 3.04. The number of hydrogen-bond donors (Lipinski definition) is 0. The minimum Gasteiger partial charge on any atom is -0.0649 e. The Morgan fingerprint density at radius 2 is 1.85 bits per heavy atom. The van der Waals surface area contributed by atoms with Gasteiger partial charge in [0.2, 0.25) is 0 Å². The van der Waals surface area contributed by atoms with Crippen LogP contribution < -0.4 is 0 Å². The second-order valence-electron chi connectivity index (χ2n) is 6.30. The Balaban J connectivity index is 2.03. The lowest BCUT2D eigenvalue weighted by Gasteiger charge is -2.45. The van der Waals surface area contributed by atoms with Crippen molar-refractivity contribution < 1.29 is 0 Å². The number of rotatable bonds is 2. The minimum atomic E-state index is 0.606. The van der Waals surface area contributed by atoms with E-state index in [9.17, 15) is 0 Å². The summed E-state index contributed by atoms with van der Waals surface area (Å²) in [6, 6.07) is 0. The first kappa shape index (κ1) is 9.55. The third-order valence-electron chi connectivity index (χ3n) is 5.43. The summed E-state index contributed by atoms with van der Waals surface area (Å²) in [4.78, 5) is 0. The summed E-state index contributed by atoms with van der Waals surface area (Å²) in [6.07, 6.45) is 4.39. The van der Waals surface area contributed by atoms with Crippen LogP contribution in [0.4, 0.5) is 0 Å². The Hall–Kier alpha value is 0. The van der Waals surface area contributed by atoms with Crippen molar-refractivity contribution in [2.75, 3.05) is 0 Å². The average molecular weight is 180 g/mol. The van der Waals surface area contributed by atoms with Gasteiger partial charge in [0.05, 0.1) is 0 Å². The highest BCUT2D eigenvalue weighted by molar-refractivity contribution is 5.16. The second-order valence-corrected chi connectivity index (χ2v) is 6.30. The molecule has 1 spiro atoms. The molecular formula is C13H24. The van der Waals surface area contributed by atoms with E-state index in [2.05, 4.69) is 34.6 Å². The van der Waals surface area contributed by atoms with Gasteiger partial charge in [-0.05, 0) is 41.4 Å². The summed E-state index contributed by atoms with van der Waals surface area (Å²) in [6.45, 7) is 12.2. The zero-order valence-corrected chi connectivity index (χ0v) is 9.85. The van der Waals surface area contributed by atoms with Crippen molar-refractivity contribution >= 4 is 0 Å². The summed E-state index contributed by atoms with van der Waals surface area (Å²) in [5.41, 5.74) is 1.41. The van der Waals surface area contributed by atoms with E-state index in [0.29, 0.717) is 5.41 Å². The van der Waals surface area contributed by atoms with E-state index in [1.54, 1.807) is 0 Å². The molecule has 0 amide bonds. The molecule has 76 valence electrons. The van der Waals surface area contributed by atoms with Crippen LogP contribution in [0, 0.1) is 28.6 Å². The van der Waals surface area contributed by atoms with Crippen molar-refractivity contribution in [1.82, 2.24) is 0 Å². The van der Waals surface area contributed by atoms with Gasteiger partial charge in [0.25, 0.3) is 0 Å². The van der Waals surface area contributed by atoms with Crippen molar-refractivity contribution in [2.45, 2.75) is 53.9 Å². The predicted octanol–water partition coefficient (Wildman–Crippen LogP) is 4.10. The SMILES string of the molecule is CCC(C)(C)C1CC12CC(C)C2C. The summed E-state index contributed by atoms with van der Waals surface area (Å²) >= 11 is 0. The molecule has 0 radical (unpaired) electrons. The van der Waals surface area contributed by atoms with E-state index < -0.39 is 0 Å². The van der Waals surface area contributed by atoms with Crippen molar-refractivity contribution in [3.05, 3.63) is 0 Å². The Morgan fingerprint density at radius 1 is 1.23 bits per heavy atom. The largest absolute Gasteiger partial charge is 0.0649 e. The molecule has 13 heavy (non-hydrogen) atoms. The van der Waals surface area contributed by atoms with Gasteiger partial charge in [0, 0.05) is 0 Å². The third-order valence-corrected chi connectivity index (χ3v) is 5.43. The topological polar surface area (TPSA) is 0 Å². The molecule has 2 aliphatic rings. The first-order chi connectivity index (χ1) is 5.94. The maximum Gasteiger partial charge on any atom is -0.0230 e. The standard InChI is InChI=1S/C13H24/c1-6-12(4,5)11-8-13(11)7-9(2)10(13)3/h9-11H,6-8H2,1-5H3. The fraction of sp³-hybridized carbons (Fsp3) is 1.00. The third kappa shape index (κ3) is 1.10. The fourth-order valence-corrected chi connectivity index (χ4v) is 3.72. The first-order valence-electron chi connectivity index (χ1n) is 5.94. The van der Waals surface area contributed by atoms with Crippen molar-refractivity contribution in [1.29, 1.82) is 0 Å². The molecule has 0 saturated heterocycles. The highest BCUT2D eigenvalue weighted by atomic mass is 14.7. The molecular weight excluding hydrogens is 156 g/mol. The molecule has 0 bridgehead atoms. The molecule has 4 atom stereocenters. The van der Waals surface area contributed by atoms with Gasteiger partial charge in [0.15, 0.2) is 0 Å². The Morgan fingerprint density at radius 3 is 2.23 bits per heavy atom. The quantitative estimate of drug-likeness (QED) is 0.600. The maximum atomic E-state index is 2.47. The first-order valence-corrected chi connectivity index (χ1v) is 5.94. The van der Waals surface area contributed by atoms with Gasteiger partial charge in [-0.25, -0.2) is 0 Å². The molecule has 0 N–H and O–H groups in total. The normalized spacial score (nSPS) is 49.2. The van der Waals surface area contributed by atoms with Crippen molar-refractivity contribution in [3.63, 3.8) is 0 Å². The van der Waals surface area contributed by atoms with E-state index in [4.69, 9.17) is 0 Å². The molecule has 0 nitrogen and oxygen atoms in total. The van der Waals surface area contributed by atoms with Gasteiger partial charge in [-0.3, -0.25) is 0 Å². The van der Waals surface area contributed by atoms with Crippen LogP contribution in [0.15, 0.2) is 0 Å². The highest BCUT2D eigenvalue weighted by Gasteiger charge is 2.67. The smallest absolute Gasteiger partial charge is 0.0230 e. The molecule has 0 aromatic rings. The zero-order valence-electron chi connectivity index (χ0n) is 9.85. The van der Waals surface area contributed by atoms with E-state index in [-0.39, 0.29) is 0 Å². The molecule has 0 heteroatoms. The van der Waals surface area contributed by atoms with Crippen LogP contribution in [0.5, 0.6) is 0 Å². The van der Waals surface area contributed by atoms with Crippen LogP contribution in [-0.4, -0.2) is 0 Å². The van der Waals surface area contributed by atoms with Crippen LogP contribution in [0.2, 0.25) is 0 Å². The predicted molar refractivity (Wildman–Crippen MR) is 57.6 cm³/mol. The van der Waals surface area contributed by atoms with Crippen LogP contribution >= 0.6 is 0 Å². The van der Waals surface area contributed by atoms with Crippen molar-refractivity contribution in [3.8, 4) is 0 Å². The van der Waals surface area contributed by atoms with Gasteiger partial charge >= 0.3 is 0 Å². The van der Waals surface area contributed by atoms with E-state index in [0.717, 1.165) is 23.2 Å².